The topological polar surface area (TPSA) is 18.5 Å². The summed E-state index contributed by atoms with van der Waals surface area (Å²) in [6.45, 7) is 7.60. The van der Waals surface area contributed by atoms with E-state index in [0.29, 0.717) is 12.0 Å². The van der Waals surface area contributed by atoms with Crippen LogP contribution in [-0.4, -0.2) is 19.0 Å². The fourth-order valence-corrected chi connectivity index (χ4v) is 2.04. The molecule has 2 nitrogen and oxygen atoms in total. The molecule has 2 heterocycles. The van der Waals surface area contributed by atoms with Gasteiger partial charge in [-0.25, -0.2) is 0 Å². The zero-order valence-corrected chi connectivity index (χ0v) is 8.17. The van der Waals surface area contributed by atoms with E-state index in [9.17, 15) is 0 Å². The van der Waals surface area contributed by atoms with Crippen LogP contribution in [0, 0.1) is 11.3 Å². The molecule has 0 radical (unpaired) electrons. The standard InChI is InChI=1S/C10H18O2/c1-10(2,3)8-6-7-4-5-11-9(7)12-8/h7-9H,4-6H2,1-3H3/t7-,8+,9+/m1/s1. The second-order valence-electron chi connectivity index (χ2n) is 5.01. The van der Waals surface area contributed by atoms with Crippen LogP contribution in [0.5, 0.6) is 0 Å². The molecule has 0 spiro atoms. The van der Waals surface area contributed by atoms with Gasteiger partial charge in [0.2, 0.25) is 0 Å². The molecule has 2 saturated heterocycles. The smallest absolute Gasteiger partial charge is 0.160 e. The molecular weight excluding hydrogens is 152 g/mol. The summed E-state index contributed by atoms with van der Waals surface area (Å²) in [6, 6.07) is 0. The zero-order chi connectivity index (χ0) is 8.77. The second kappa shape index (κ2) is 2.71. The van der Waals surface area contributed by atoms with E-state index in [1.807, 2.05) is 0 Å². The number of hydrogen-bond acceptors (Lipinski definition) is 2. The largest absolute Gasteiger partial charge is 0.352 e. The predicted molar refractivity (Wildman–Crippen MR) is 46.8 cm³/mol. The highest BCUT2D eigenvalue weighted by Crippen LogP contribution is 2.41. The van der Waals surface area contributed by atoms with Gasteiger partial charge in [-0.05, 0) is 18.3 Å². The average molecular weight is 170 g/mol. The Hall–Kier alpha value is -0.0800. The van der Waals surface area contributed by atoms with Gasteiger partial charge in [0.25, 0.3) is 0 Å². The Morgan fingerprint density at radius 2 is 2.00 bits per heavy atom. The molecule has 0 aliphatic carbocycles. The summed E-state index contributed by atoms with van der Waals surface area (Å²) in [6.07, 6.45) is 2.90. The van der Waals surface area contributed by atoms with Crippen molar-refractivity contribution in [1.82, 2.24) is 0 Å². The Bertz CT molecular complexity index is 159. The lowest BCUT2D eigenvalue weighted by Gasteiger charge is -2.26. The molecule has 0 bridgehead atoms. The molecule has 2 aliphatic heterocycles. The molecule has 0 amide bonds. The van der Waals surface area contributed by atoms with E-state index in [-0.39, 0.29) is 11.7 Å². The van der Waals surface area contributed by atoms with Crippen molar-refractivity contribution in [3.8, 4) is 0 Å². The van der Waals surface area contributed by atoms with Crippen molar-refractivity contribution in [1.29, 1.82) is 0 Å². The third kappa shape index (κ3) is 1.38. The summed E-state index contributed by atoms with van der Waals surface area (Å²) in [4.78, 5) is 0. The van der Waals surface area contributed by atoms with Crippen LogP contribution in [0.4, 0.5) is 0 Å². The van der Waals surface area contributed by atoms with E-state index in [4.69, 9.17) is 9.47 Å². The van der Waals surface area contributed by atoms with Crippen molar-refractivity contribution >= 4 is 0 Å². The monoisotopic (exact) mass is 170 g/mol. The van der Waals surface area contributed by atoms with Crippen LogP contribution in [-0.2, 0) is 9.47 Å². The number of hydrogen-bond donors (Lipinski definition) is 0. The van der Waals surface area contributed by atoms with Crippen molar-refractivity contribution in [2.24, 2.45) is 11.3 Å². The Morgan fingerprint density at radius 1 is 1.25 bits per heavy atom. The molecule has 0 N–H and O–H groups in total. The van der Waals surface area contributed by atoms with E-state index < -0.39 is 0 Å². The fraction of sp³-hybridized carbons (Fsp3) is 1.00. The first kappa shape index (κ1) is 8.52. The lowest BCUT2D eigenvalue weighted by atomic mass is 9.85. The van der Waals surface area contributed by atoms with Crippen molar-refractivity contribution < 1.29 is 9.47 Å². The van der Waals surface area contributed by atoms with Gasteiger partial charge < -0.3 is 9.47 Å². The van der Waals surface area contributed by atoms with E-state index >= 15 is 0 Å². The molecule has 2 heteroatoms. The average Bonchev–Trinajstić information content (AvgIpc) is 2.37. The lowest BCUT2D eigenvalue weighted by Crippen LogP contribution is -2.27. The Labute approximate surface area is 74.2 Å². The minimum Gasteiger partial charge on any atom is -0.352 e. The third-order valence-electron chi connectivity index (χ3n) is 2.94. The van der Waals surface area contributed by atoms with Crippen LogP contribution >= 0.6 is 0 Å². The minimum absolute atomic E-state index is 0.120. The summed E-state index contributed by atoms with van der Waals surface area (Å²) in [5.74, 6) is 0.675. The molecule has 0 saturated carbocycles. The van der Waals surface area contributed by atoms with Crippen molar-refractivity contribution in [2.75, 3.05) is 6.61 Å². The maximum absolute atomic E-state index is 5.83. The van der Waals surface area contributed by atoms with E-state index in [0.717, 1.165) is 6.61 Å². The molecule has 3 atom stereocenters. The van der Waals surface area contributed by atoms with Crippen LogP contribution in [0.15, 0.2) is 0 Å². The van der Waals surface area contributed by atoms with Gasteiger partial charge in [0, 0.05) is 5.92 Å². The SMILES string of the molecule is CC(C)(C)[C@@H]1C[C@H]2CCO[C@H]2O1. The maximum atomic E-state index is 5.83. The van der Waals surface area contributed by atoms with Gasteiger partial charge in [0.15, 0.2) is 6.29 Å². The van der Waals surface area contributed by atoms with E-state index in [1.54, 1.807) is 0 Å². The predicted octanol–water partition coefficient (Wildman–Crippen LogP) is 2.18. The number of fused-ring (bicyclic) bond motifs is 1. The summed E-state index contributed by atoms with van der Waals surface area (Å²) in [7, 11) is 0. The van der Waals surface area contributed by atoms with Gasteiger partial charge in [-0.3, -0.25) is 0 Å². The van der Waals surface area contributed by atoms with Crippen LogP contribution in [0.3, 0.4) is 0 Å². The highest BCUT2D eigenvalue weighted by Gasteiger charge is 2.43. The van der Waals surface area contributed by atoms with Crippen LogP contribution in [0.1, 0.15) is 33.6 Å². The molecule has 2 fully saturated rings. The van der Waals surface area contributed by atoms with Gasteiger partial charge in [0.1, 0.15) is 0 Å². The highest BCUT2D eigenvalue weighted by atomic mass is 16.7. The van der Waals surface area contributed by atoms with Crippen LogP contribution in [0.2, 0.25) is 0 Å². The van der Waals surface area contributed by atoms with Gasteiger partial charge in [-0.2, -0.15) is 0 Å². The minimum atomic E-state index is 0.120. The van der Waals surface area contributed by atoms with Crippen molar-refractivity contribution in [3.63, 3.8) is 0 Å². The van der Waals surface area contributed by atoms with Gasteiger partial charge in [-0.1, -0.05) is 20.8 Å². The van der Waals surface area contributed by atoms with Gasteiger partial charge >= 0.3 is 0 Å². The number of rotatable bonds is 0. The first-order valence-corrected chi connectivity index (χ1v) is 4.84. The molecule has 12 heavy (non-hydrogen) atoms. The normalized spacial score (nSPS) is 41.8. The summed E-state index contributed by atoms with van der Waals surface area (Å²) in [5, 5.41) is 0. The lowest BCUT2D eigenvalue weighted by molar-refractivity contribution is -0.138. The van der Waals surface area contributed by atoms with Crippen molar-refractivity contribution in [2.45, 2.75) is 46.0 Å². The second-order valence-corrected chi connectivity index (χ2v) is 5.01. The summed E-state index contributed by atoms with van der Waals surface area (Å²) >= 11 is 0. The molecule has 70 valence electrons. The van der Waals surface area contributed by atoms with Crippen molar-refractivity contribution in [3.05, 3.63) is 0 Å². The van der Waals surface area contributed by atoms with Crippen LogP contribution in [0.25, 0.3) is 0 Å². The van der Waals surface area contributed by atoms with E-state index in [1.165, 1.54) is 12.8 Å². The molecule has 0 aromatic rings. The Balaban J connectivity index is 1.99. The molecule has 0 aromatic heterocycles. The molecule has 0 unspecified atom stereocenters. The molecule has 0 aromatic carbocycles. The fourth-order valence-electron chi connectivity index (χ4n) is 2.04. The van der Waals surface area contributed by atoms with Gasteiger partial charge in [0.05, 0.1) is 12.7 Å². The number of ether oxygens (including phenoxy) is 2. The first-order valence-electron chi connectivity index (χ1n) is 4.84. The Morgan fingerprint density at radius 3 is 2.58 bits per heavy atom. The summed E-state index contributed by atoms with van der Waals surface area (Å²) < 4.78 is 11.3. The zero-order valence-electron chi connectivity index (χ0n) is 8.17. The molecular formula is C10H18O2. The van der Waals surface area contributed by atoms with Crippen LogP contribution < -0.4 is 0 Å². The molecule has 2 aliphatic rings. The van der Waals surface area contributed by atoms with Gasteiger partial charge in [-0.15, -0.1) is 0 Å². The quantitative estimate of drug-likeness (QED) is 0.555. The summed E-state index contributed by atoms with van der Waals surface area (Å²) in [5.41, 5.74) is 0.272. The maximum Gasteiger partial charge on any atom is 0.160 e. The third-order valence-corrected chi connectivity index (χ3v) is 2.94. The highest BCUT2D eigenvalue weighted by molar-refractivity contribution is 4.87. The Kier molecular flexibility index (Phi) is 1.92. The first-order chi connectivity index (χ1) is 5.57. The van der Waals surface area contributed by atoms with E-state index in [2.05, 4.69) is 20.8 Å². The molecule has 2 rings (SSSR count).